The molecule has 1 atom stereocenters. The van der Waals surface area contributed by atoms with Gasteiger partial charge in [-0.25, -0.2) is 0 Å². The predicted molar refractivity (Wildman–Crippen MR) is 80.6 cm³/mol. The monoisotopic (exact) mass is 308 g/mol. The molecule has 0 aliphatic rings. The van der Waals surface area contributed by atoms with Crippen LogP contribution in [0.25, 0.3) is 0 Å². The van der Waals surface area contributed by atoms with Gasteiger partial charge in [0, 0.05) is 24.5 Å². The lowest BCUT2D eigenvalue weighted by atomic mass is 10.1. The van der Waals surface area contributed by atoms with E-state index >= 15 is 0 Å². The van der Waals surface area contributed by atoms with Crippen LogP contribution in [0.2, 0.25) is 5.02 Å². The van der Waals surface area contributed by atoms with Gasteiger partial charge in [-0.2, -0.15) is 5.10 Å². The molecule has 1 unspecified atom stereocenters. The molecule has 0 saturated heterocycles. The molecule has 1 amide bonds. The van der Waals surface area contributed by atoms with E-state index in [-0.39, 0.29) is 17.0 Å². The average Bonchev–Trinajstić information content (AvgIpc) is 2.66. The van der Waals surface area contributed by atoms with E-state index in [1.807, 2.05) is 27.8 Å². The van der Waals surface area contributed by atoms with Crippen LogP contribution in [0.3, 0.4) is 0 Å². The van der Waals surface area contributed by atoms with Crippen molar-refractivity contribution in [3.05, 3.63) is 50.2 Å². The lowest BCUT2D eigenvalue weighted by Crippen LogP contribution is -2.28. The molecule has 2 heterocycles. The van der Waals surface area contributed by atoms with Crippen molar-refractivity contribution in [1.29, 1.82) is 0 Å². The maximum atomic E-state index is 12.2. The fourth-order valence-electron chi connectivity index (χ4n) is 2.36. The van der Waals surface area contributed by atoms with E-state index in [0.29, 0.717) is 5.56 Å². The Balaban J connectivity index is 2.22. The van der Waals surface area contributed by atoms with Gasteiger partial charge >= 0.3 is 0 Å². The van der Waals surface area contributed by atoms with Gasteiger partial charge in [-0.15, -0.1) is 0 Å². The molecular weight excluding hydrogens is 292 g/mol. The molecule has 6 nitrogen and oxygen atoms in total. The molecule has 0 bridgehead atoms. The van der Waals surface area contributed by atoms with Gasteiger partial charge in [-0.1, -0.05) is 11.6 Å². The highest BCUT2D eigenvalue weighted by atomic mass is 35.5. The molecule has 2 aromatic heterocycles. The summed E-state index contributed by atoms with van der Waals surface area (Å²) in [4.78, 5) is 25.8. The second-order valence-electron chi connectivity index (χ2n) is 4.97. The summed E-state index contributed by atoms with van der Waals surface area (Å²) >= 11 is 5.73. The molecule has 0 radical (unpaired) electrons. The number of pyridine rings is 1. The van der Waals surface area contributed by atoms with Crippen LogP contribution in [0.5, 0.6) is 0 Å². The lowest BCUT2D eigenvalue weighted by Gasteiger charge is -2.15. The number of hydrogen-bond donors (Lipinski definition) is 2. The zero-order valence-electron chi connectivity index (χ0n) is 12.3. The van der Waals surface area contributed by atoms with Crippen molar-refractivity contribution in [2.75, 3.05) is 0 Å². The Hall–Kier alpha value is -2.08. The Kier molecular flexibility index (Phi) is 4.18. The summed E-state index contributed by atoms with van der Waals surface area (Å²) in [5, 5.41) is 7.21. The molecule has 0 aromatic carbocycles. The third-order valence-corrected chi connectivity index (χ3v) is 3.75. The standard InChI is InChI=1S/C14H17ClN4O2/c1-7(12-8(2)18-19(4)9(12)3)17-13(20)10-5-11(15)14(21)16-6-10/h5-7H,1-4H3,(H,16,21)(H,17,20). The predicted octanol–water partition coefficient (Wildman–Crippen LogP) is 1.87. The number of aromatic amines is 1. The maximum Gasteiger partial charge on any atom is 0.266 e. The Labute approximate surface area is 127 Å². The van der Waals surface area contributed by atoms with E-state index in [9.17, 15) is 9.59 Å². The van der Waals surface area contributed by atoms with Gasteiger partial charge in [-0.3, -0.25) is 14.3 Å². The van der Waals surface area contributed by atoms with Gasteiger partial charge in [0.2, 0.25) is 0 Å². The van der Waals surface area contributed by atoms with Crippen molar-refractivity contribution in [3.8, 4) is 0 Å². The van der Waals surface area contributed by atoms with Gasteiger partial charge in [0.15, 0.2) is 0 Å². The Bertz CT molecular complexity index is 748. The lowest BCUT2D eigenvalue weighted by molar-refractivity contribution is 0.0939. The Morgan fingerprint density at radius 1 is 1.48 bits per heavy atom. The number of aryl methyl sites for hydroxylation is 2. The highest BCUT2D eigenvalue weighted by molar-refractivity contribution is 6.30. The number of nitrogens with zero attached hydrogens (tertiary/aromatic N) is 2. The second-order valence-corrected chi connectivity index (χ2v) is 5.38. The smallest absolute Gasteiger partial charge is 0.266 e. The zero-order chi connectivity index (χ0) is 15.7. The number of carbonyl (C=O) groups is 1. The van der Waals surface area contributed by atoms with Crippen LogP contribution in [0.15, 0.2) is 17.1 Å². The number of nitrogens with one attached hydrogen (secondary N) is 2. The first-order valence-electron chi connectivity index (χ1n) is 6.50. The zero-order valence-corrected chi connectivity index (χ0v) is 13.1. The molecule has 21 heavy (non-hydrogen) atoms. The summed E-state index contributed by atoms with van der Waals surface area (Å²) in [6.45, 7) is 5.75. The van der Waals surface area contributed by atoms with Crippen LogP contribution in [-0.2, 0) is 7.05 Å². The summed E-state index contributed by atoms with van der Waals surface area (Å²) in [6.07, 6.45) is 1.35. The molecule has 0 aliphatic heterocycles. The first-order chi connectivity index (χ1) is 9.81. The fraction of sp³-hybridized carbons (Fsp3) is 0.357. The van der Waals surface area contributed by atoms with E-state index < -0.39 is 5.56 Å². The molecule has 0 fully saturated rings. The minimum Gasteiger partial charge on any atom is -0.345 e. The third kappa shape index (κ3) is 3.00. The second kappa shape index (κ2) is 5.73. The Morgan fingerprint density at radius 2 is 2.14 bits per heavy atom. The van der Waals surface area contributed by atoms with E-state index in [0.717, 1.165) is 17.0 Å². The van der Waals surface area contributed by atoms with Gasteiger partial charge in [0.1, 0.15) is 5.02 Å². The highest BCUT2D eigenvalue weighted by Crippen LogP contribution is 2.21. The maximum absolute atomic E-state index is 12.2. The van der Waals surface area contributed by atoms with Crippen molar-refractivity contribution < 1.29 is 4.79 Å². The minimum atomic E-state index is -0.416. The normalized spacial score (nSPS) is 12.2. The van der Waals surface area contributed by atoms with Gasteiger partial charge in [0.25, 0.3) is 11.5 Å². The molecule has 0 spiro atoms. The van der Waals surface area contributed by atoms with Crippen LogP contribution in [0.4, 0.5) is 0 Å². The molecule has 2 rings (SSSR count). The molecule has 112 valence electrons. The van der Waals surface area contributed by atoms with Crippen molar-refractivity contribution >= 4 is 17.5 Å². The summed E-state index contributed by atoms with van der Waals surface area (Å²) < 4.78 is 1.78. The molecule has 2 N–H and O–H groups in total. The van der Waals surface area contributed by atoms with Crippen molar-refractivity contribution in [2.45, 2.75) is 26.8 Å². The first-order valence-corrected chi connectivity index (χ1v) is 6.88. The summed E-state index contributed by atoms with van der Waals surface area (Å²) in [5.74, 6) is -0.302. The molecular formula is C14H17ClN4O2. The number of halogens is 1. The quantitative estimate of drug-likeness (QED) is 0.908. The third-order valence-electron chi connectivity index (χ3n) is 3.47. The minimum absolute atomic E-state index is 0.0101. The van der Waals surface area contributed by atoms with Crippen LogP contribution < -0.4 is 10.9 Å². The number of rotatable bonds is 3. The summed E-state index contributed by atoms with van der Waals surface area (Å²) in [5.41, 5.74) is 2.76. The molecule has 0 saturated carbocycles. The van der Waals surface area contributed by atoms with E-state index in [1.165, 1.54) is 12.3 Å². The van der Waals surface area contributed by atoms with E-state index in [4.69, 9.17) is 11.6 Å². The number of aromatic nitrogens is 3. The summed E-state index contributed by atoms with van der Waals surface area (Å²) in [6, 6.07) is 1.16. The SMILES string of the molecule is Cc1nn(C)c(C)c1C(C)NC(=O)c1c[nH]c(=O)c(Cl)c1. The average molecular weight is 309 g/mol. The highest BCUT2D eigenvalue weighted by Gasteiger charge is 2.19. The Morgan fingerprint density at radius 3 is 2.67 bits per heavy atom. The largest absolute Gasteiger partial charge is 0.345 e. The molecule has 0 aliphatic carbocycles. The molecule has 2 aromatic rings. The number of amides is 1. The molecule has 7 heteroatoms. The van der Waals surface area contributed by atoms with E-state index in [1.54, 1.807) is 4.68 Å². The number of H-pyrrole nitrogens is 1. The van der Waals surface area contributed by atoms with Crippen molar-refractivity contribution in [1.82, 2.24) is 20.1 Å². The fourth-order valence-corrected chi connectivity index (χ4v) is 2.53. The van der Waals surface area contributed by atoms with Crippen LogP contribution in [0.1, 0.15) is 40.3 Å². The number of carbonyl (C=O) groups excluding carboxylic acids is 1. The van der Waals surface area contributed by atoms with Crippen LogP contribution >= 0.6 is 11.6 Å². The van der Waals surface area contributed by atoms with Crippen molar-refractivity contribution in [2.24, 2.45) is 7.05 Å². The first kappa shape index (κ1) is 15.3. The van der Waals surface area contributed by atoms with E-state index in [2.05, 4.69) is 15.4 Å². The number of hydrogen-bond acceptors (Lipinski definition) is 3. The van der Waals surface area contributed by atoms with Gasteiger partial charge < -0.3 is 10.3 Å². The van der Waals surface area contributed by atoms with Crippen LogP contribution in [-0.4, -0.2) is 20.7 Å². The van der Waals surface area contributed by atoms with Crippen molar-refractivity contribution in [3.63, 3.8) is 0 Å². The van der Waals surface area contributed by atoms with Gasteiger partial charge in [-0.05, 0) is 26.8 Å². The topological polar surface area (TPSA) is 79.8 Å². The van der Waals surface area contributed by atoms with Gasteiger partial charge in [0.05, 0.1) is 17.3 Å². The van der Waals surface area contributed by atoms with Crippen LogP contribution in [0, 0.1) is 13.8 Å². The summed E-state index contributed by atoms with van der Waals surface area (Å²) in [7, 11) is 1.86.